The van der Waals surface area contributed by atoms with Gasteiger partial charge in [-0.15, -0.1) is 11.3 Å². The molecule has 0 aliphatic carbocycles. The van der Waals surface area contributed by atoms with Crippen LogP contribution in [0.25, 0.3) is 31.3 Å². The van der Waals surface area contributed by atoms with Gasteiger partial charge in [0, 0.05) is 42.7 Å². The monoisotopic (exact) mass is 584 g/mol. The average molecular weight is 585 g/mol. The number of benzene rings is 6. The Morgan fingerprint density at radius 1 is 0.727 bits per heavy atom. The Morgan fingerprint density at radius 3 is 2.30 bits per heavy atom. The highest BCUT2D eigenvalue weighted by Crippen LogP contribution is 2.41. The summed E-state index contributed by atoms with van der Waals surface area (Å²) in [6.07, 6.45) is 0. The zero-order chi connectivity index (χ0) is 29.5. The van der Waals surface area contributed by atoms with Crippen molar-refractivity contribution < 1.29 is 0 Å². The first kappa shape index (κ1) is 26.2. The van der Waals surface area contributed by atoms with E-state index in [-0.39, 0.29) is 6.04 Å². The molecule has 210 valence electrons. The lowest BCUT2D eigenvalue weighted by Crippen LogP contribution is -2.34. The van der Waals surface area contributed by atoms with E-state index in [1.54, 1.807) is 0 Å². The lowest BCUT2D eigenvalue weighted by atomic mass is 9.98. The van der Waals surface area contributed by atoms with Crippen LogP contribution in [0, 0.1) is 11.3 Å². The van der Waals surface area contributed by atoms with Crippen molar-refractivity contribution >= 4 is 48.6 Å². The molecule has 4 nitrogen and oxygen atoms in total. The molecule has 0 saturated heterocycles. The standard InChI is InChI=1S/C39H28N4S/c40-24-26-14-18-29(19-15-26)39-32-11-4-6-12-36(32)43(42-39)25-27-16-20-30(21-17-27)41-35-22-34-31-10-5-7-13-37(31)44-38(34)23-33(35)28-8-2-1-3-9-28/h1-23,39,41-42H,25H2. The largest absolute Gasteiger partial charge is 0.355 e. The zero-order valence-electron chi connectivity index (χ0n) is 23.9. The van der Waals surface area contributed by atoms with Gasteiger partial charge in [-0.05, 0) is 65.2 Å². The number of nitrogens with zero attached hydrogens (tertiary/aromatic N) is 2. The summed E-state index contributed by atoms with van der Waals surface area (Å²) in [5.74, 6) is 0. The molecule has 5 heteroatoms. The van der Waals surface area contributed by atoms with Crippen LogP contribution in [0.4, 0.5) is 17.1 Å². The Balaban J connectivity index is 1.07. The molecule has 44 heavy (non-hydrogen) atoms. The summed E-state index contributed by atoms with van der Waals surface area (Å²) in [5.41, 5.74) is 13.7. The van der Waals surface area contributed by atoms with E-state index in [1.807, 2.05) is 35.6 Å². The van der Waals surface area contributed by atoms with Crippen LogP contribution < -0.4 is 15.8 Å². The SMILES string of the molecule is N#Cc1ccc(C2NN(Cc3ccc(Nc4cc5c(cc4-c4ccccc4)sc4ccccc45)cc3)c3ccccc32)cc1. The van der Waals surface area contributed by atoms with Gasteiger partial charge < -0.3 is 10.3 Å². The van der Waals surface area contributed by atoms with Crippen LogP contribution in [-0.2, 0) is 6.54 Å². The highest BCUT2D eigenvalue weighted by Gasteiger charge is 2.29. The van der Waals surface area contributed by atoms with Gasteiger partial charge in [-0.1, -0.05) is 91.0 Å². The van der Waals surface area contributed by atoms with Gasteiger partial charge in [0.25, 0.3) is 0 Å². The quantitative estimate of drug-likeness (QED) is 0.204. The summed E-state index contributed by atoms with van der Waals surface area (Å²) < 4.78 is 2.60. The molecule has 1 unspecified atom stereocenters. The number of para-hydroxylation sites is 1. The van der Waals surface area contributed by atoms with Crippen LogP contribution in [-0.4, -0.2) is 0 Å². The molecular weight excluding hydrogens is 557 g/mol. The predicted octanol–water partition coefficient (Wildman–Crippen LogP) is 9.95. The summed E-state index contributed by atoms with van der Waals surface area (Å²) in [6.45, 7) is 0.728. The van der Waals surface area contributed by atoms with Crippen molar-refractivity contribution in [2.45, 2.75) is 12.6 Å². The molecule has 8 rings (SSSR count). The van der Waals surface area contributed by atoms with Crippen molar-refractivity contribution in [2.24, 2.45) is 0 Å². The molecule has 0 bridgehead atoms. The number of fused-ring (bicyclic) bond motifs is 4. The first-order chi connectivity index (χ1) is 21.7. The highest BCUT2D eigenvalue weighted by molar-refractivity contribution is 7.25. The normalized spacial score (nSPS) is 14.1. The summed E-state index contributed by atoms with van der Waals surface area (Å²) in [5, 5.41) is 17.8. The number of hydrogen-bond acceptors (Lipinski definition) is 5. The van der Waals surface area contributed by atoms with E-state index in [4.69, 9.17) is 0 Å². The van der Waals surface area contributed by atoms with Crippen LogP contribution in [0.5, 0.6) is 0 Å². The second-order valence-corrected chi connectivity index (χ2v) is 12.2. The van der Waals surface area contributed by atoms with Crippen molar-refractivity contribution in [1.29, 1.82) is 5.26 Å². The van der Waals surface area contributed by atoms with Gasteiger partial charge in [0.05, 0.1) is 29.9 Å². The minimum Gasteiger partial charge on any atom is -0.355 e. The van der Waals surface area contributed by atoms with Crippen molar-refractivity contribution in [1.82, 2.24) is 5.43 Å². The summed E-state index contributed by atoms with van der Waals surface area (Å²) in [6, 6.07) is 51.2. The number of thiophene rings is 1. The number of anilines is 3. The Bertz CT molecular complexity index is 2160. The van der Waals surface area contributed by atoms with Gasteiger partial charge in [0.2, 0.25) is 0 Å². The minimum atomic E-state index is 0.0411. The fourth-order valence-electron chi connectivity index (χ4n) is 6.17. The van der Waals surface area contributed by atoms with Crippen molar-refractivity contribution in [3.63, 3.8) is 0 Å². The predicted molar refractivity (Wildman–Crippen MR) is 183 cm³/mol. The van der Waals surface area contributed by atoms with E-state index in [0.29, 0.717) is 5.56 Å². The van der Waals surface area contributed by atoms with Gasteiger partial charge >= 0.3 is 0 Å². The molecule has 0 fully saturated rings. The van der Waals surface area contributed by atoms with Crippen molar-refractivity contribution in [2.75, 3.05) is 10.3 Å². The van der Waals surface area contributed by atoms with Crippen LogP contribution in [0.2, 0.25) is 0 Å². The molecule has 0 amide bonds. The van der Waals surface area contributed by atoms with Crippen LogP contribution in [0.15, 0.2) is 140 Å². The second-order valence-electron chi connectivity index (χ2n) is 11.1. The van der Waals surface area contributed by atoms with Crippen LogP contribution in [0.3, 0.4) is 0 Å². The lowest BCUT2D eigenvalue weighted by molar-refractivity contribution is 0.604. The van der Waals surface area contributed by atoms with E-state index < -0.39 is 0 Å². The highest BCUT2D eigenvalue weighted by atomic mass is 32.1. The van der Waals surface area contributed by atoms with Gasteiger partial charge in [-0.25, -0.2) is 5.43 Å². The maximum atomic E-state index is 9.22. The average Bonchev–Trinajstić information content (AvgIpc) is 3.63. The first-order valence-electron chi connectivity index (χ1n) is 14.7. The molecule has 0 spiro atoms. The Hall–Kier alpha value is -5.41. The van der Waals surface area contributed by atoms with E-state index in [0.717, 1.165) is 23.5 Å². The summed E-state index contributed by atoms with van der Waals surface area (Å²) in [7, 11) is 0. The van der Waals surface area contributed by atoms with E-state index in [1.165, 1.54) is 48.1 Å². The second kappa shape index (κ2) is 11.0. The molecule has 1 aliphatic rings. The van der Waals surface area contributed by atoms with Gasteiger partial charge in [-0.2, -0.15) is 5.26 Å². The summed E-state index contributed by atoms with van der Waals surface area (Å²) in [4.78, 5) is 0. The molecule has 0 saturated carbocycles. The molecule has 0 radical (unpaired) electrons. The fraction of sp³-hybridized carbons (Fsp3) is 0.0513. The van der Waals surface area contributed by atoms with E-state index >= 15 is 0 Å². The van der Waals surface area contributed by atoms with Gasteiger partial charge in [0.1, 0.15) is 0 Å². The van der Waals surface area contributed by atoms with E-state index in [9.17, 15) is 5.26 Å². The van der Waals surface area contributed by atoms with Gasteiger partial charge in [-0.3, -0.25) is 0 Å². The molecule has 1 aliphatic heterocycles. The van der Waals surface area contributed by atoms with Crippen molar-refractivity contribution in [3.05, 3.63) is 162 Å². The molecule has 2 heterocycles. The fourth-order valence-corrected chi connectivity index (χ4v) is 7.30. The zero-order valence-corrected chi connectivity index (χ0v) is 24.7. The number of hydrazine groups is 1. The van der Waals surface area contributed by atoms with Crippen LogP contribution >= 0.6 is 11.3 Å². The minimum absolute atomic E-state index is 0.0411. The Kier molecular flexibility index (Phi) is 6.57. The third-order valence-corrected chi connectivity index (χ3v) is 9.51. The molecular formula is C39H28N4S. The molecule has 2 N–H and O–H groups in total. The Morgan fingerprint density at radius 2 is 1.48 bits per heavy atom. The van der Waals surface area contributed by atoms with E-state index in [2.05, 4.69) is 137 Å². The van der Waals surface area contributed by atoms with Gasteiger partial charge in [0.15, 0.2) is 0 Å². The third-order valence-electron chi connectivity index (χ3n) is 8.37. The molecule has 6 aromatic carbocycles. The smallest absolute Gasteiger partial charge is 0.0991 e. The topological polar surface area (TPSA) is 51.1 Å². The molecule has 1 atom stereocenters. The van der Waals surface area contributed by atoms with Crippen molar-refractivity contribution in [3.8, 4) is 17.2 Å². The first-order valence-corrected chi connectivity index (χ1v) is 15.5. The number of hydrogen-bond donors (Lipinski definition) is 2. The molecule has 1 aromatic heterocycles. The summed E-state index contributed by atoms with van der Waals surface area (Å²) >= 11 is 1.85. The number of nitrogens with one attached hydrogen (secondary N) is 2. The van der Waals surface area contributed by atoms with Crippen LogP contribution in [0.1, 0.15) is 28.3 Å². The lowest BCUT2D eigenvalue weighted by Gasteiger charge is -2.21. The Labute approximate surface area is 260 Å². The maximum absolute atomic E-state index is 9.22. The maximum Gasteiger partial charge on any atom is 0.0991 e. The number of nitriles is 1. The third kappa shape index (κ3) is 4.77. The molecule has 7 aromatic rings. The number of rotatable bonds is 6.